The van der Waals surface area contributed by atoms with Crippen molar-refractivity contribution in [1.82, 2.24) is 19.1 Å². The third-order valence-electron chi connectivity index (χ3n) is 12.8. The standard InChI is InChI=1S/C57H33F3N4O/c58-57(59,60)38-26-21-34(22-27-38)55-43-15-4-7-17-47(43)61-56(62-55)64-49-19-9-6-14-42(49)44-31-35(23-28-51(44)64)36-25-30-52-46(32-36)54-40(16-10-20-53(54)65-52)37-24-29-50-45(33-37)41-13-5-8-18-48(41)63(50)39-11-2-1-3-12-39/h1-33H. The number of halogens is 3. The van der Waals surface area contributed by atoms with E-state index in [4.69, 9.17) is 14.4 Å². The van der Waals surface area contributed by atoms with Gasteiger partial charge in [-0.15, -0.1) is 0 Å². The van der Waals surface area contributed by atoms with E-state index in [1.807, 2.05) is 59.2 Å². The molecule has 5 nitrogen and oxygen atoms in total. The first-order valence-corrected chi connectivity index (χ1v) is 21.4. The van der Waals surface area contributed by atoms with Crippen molar-refractivity contribution in [2.24, 2.45) is 0 Å². The minimum atomic E-state index is -4.44. The average Bonchev–Trinajstić information content (AvgIpc) is 4.01. The molecule has 65 heavy (non-hydrogen) atoms. The molecule has 0 unspecified atom stereocenters. The largest absolute Gasteiger partial charge is 0.456 e. The molecule has 0 atom stereocenters. The van der Waals surface area contributed by atoms with Gasteiger partial charge in [-0.1, -0.05) is 115 Å². The Labute approximate surface area is 368 Å². The van der Waals surface area contributed by atoms with Crippen molar-refractivity contribution in [2.75, 3.05) is 0 Å². The molecule has 308 valence electrons. The Kier molecular flexibility index (Phi) is 8.00. The maximum atomic E-state index is 13.5. The number of nitrogens with zero attached hydrogens (tertiary/aromatic N) is 4. The molecule has 0 aliphatic rings. The first-order valence-electron chi connectivity index (χ1n) is 21.4. The van der Waals surface area contributed by atoms with Crippen LogP contribution in [0.25, 0.3) is 122 Å². The fourth-order valence-electron chi connectivity index (χ4n) is 9.81. The van der Waals surface area contributed by atoms with Crippen molar-refractivity contribution in [1.29, 1.82) is 0 Å². The van der Waals surface area contributed by atoms with Crippen LogP contribution >= 0.6 is 0 Å². The number of benzene rings is 9. The second-order valence-electron chi connectivity index (χ2n) is 16.5. The van der Waals surface area contributed by atoms with Crippen LogP contribution in [-0.4, -0.2) is 19.1 Å². The lowest BCUT2D eigenvalue weighted by Crippen LogP contribution is -2.05. The van der Waals surface area contributed by atoms with E-state index >= 15 is 0 Å². The zero-order valence-electron chi connectivity index (χ0n) is 34.4. The van der Waals surface area contributed by atoms with Crippen LogP contribution in [0.2, 0.25) is 0 Å². The Morgan fingerprint density at radius 1 is 0.400 bits per heavy atom. The van der Waals surface area contributed by atoms with Crippen molar-refractivity contribution < 1.29 is 17.6 Å². The Bertz CT molecular complexity index is 4050. The molecular formula is C57H33F3N4O. The quantitative estimate of drug-likeness (QED) is 0.173. The second kappa shape index (κ2) is 14.0. The molecule has 0 saturated carbocycles. The number of fused-ring (bicyclic) bond motifs is 10. The van der Waals surface area contributed by atoms with Crippen LogP contribution in [-0.2, 0) is 6.18 Å². The molecule has 0 radical (unpaired) electrons. The maximum Gasteiger partial charge on any atom is 0.416 e. The number of aromatic nitrogens is 4. The molecule has 13 aromatic rings. The van der Waals surface area contributed by atoms with Crippen molar-refractivity contribution in [3.8, 4) is 45.1 Å². The fraction of sp³-hybridized carbons (Fsp3) is 0.0175. The van der Waals surface area contributed by atoms with Crippen LogP contribution in [0.4, 0.5) is 13.2 Å². The third-order valence-corrected chi connectivity index (χ3v) is 12.8. The molecular weight excluding hydrogens is 814 g/mol. The second-order valence-corrected chi connectivity index (χ2v) is 16.5. The number of hydrogen-bond acceptors (Lipinski definition) is 3. The highest BCUT2D eigenvalue weighted by molar-refractivity contribution is 6.16. The lowest BCUT2D eigenvalue weighted by molar-refractivity contribution is -0.137. The predicted octanol–water partition coefficient (Wildman–Crippen LogP) is 15.7. The number of furan rings is 1. The minimum Gasteiger partial charge on any atom is -0.456 e. The van der Waals surface area contributed by atoms with Gasteiger partial charge in [0, 0.05) is 49.0 Å². The van der Waals surface area contributed by atoms with Crippen molar-refractivity contribution >= 4 is 76.5 Å². The summed E-state index contributed by atoms with van der Waals surface area (Å²) in [5.41, 5.74) is 12.3. The molecule has 0 spiro atoms. The summed E-state index contributed by atoms with van der Waals surface area (Å²) in [6, 6.07) is 65.9. The lowest BCUT2D eigenvalue weighted by Gasteiger charge is -2.13. The molecule has 0 saturated heterocycles. The van der Waals surface area contributed by atoms with Crippen LogP contribution in [0, 0.1) is 0 Å². The number of alkyl halides is 3. The Morgan fingerprint density at radius 2 is 0.969 bits per heavy atom. The maximum absolute atomic E-state index is 13.5. The minimum absolute atomic E-state index is 0.430. The van der Waals surface area contributed by atoms with Gasteiger partial charge < -0.3 is 8.98 Å². The predicted molar refractivity (Wildman–Crippen MR) is 257 cm³/mol. The zero-order valence-corrected chi connectivity index (χ0v) is 34.4. The molecule has 0 N–H and O–H groups in total. The van der Waals surface area contributed by atoms with Gasteiger partial charge in [-0.3, -0.25) is 4.57 Å². The highest BCUT2D eigenvalue weighted by Gasteiger charge is 2.30. The molecule has 13 rings (SSSR count). The number of para-hydroxylation sites is 4. The van der Waals surface area contributed by atoms with Gasteiger partial charge in [0.1, 0.15) is 11.2 Å². The summed E-state index contributed by atoms with van der Waals surface area (Å²) in [7, 11) is 0. The first-order chi connectivity index (χ1) is 31.9. The highest BCUT2D eigenvalue weighted by Crippen LogP contribution is 2.42. The van der Waals surface area contributed by atoms with E-state index in [1.54, 1.807) is 0 Å². The van der Waals surface area contributed by atoms with E-state index in [0.29, 0.717) is 22.7 Å². The van der Waals surface area contributed by atoms with Gasteiger partial charge in [0.05, 0.1) is 38.8 Å². The lowest BCUT2D eigenvalue weighted by atomic mass is 9.96. The van der Waals surface area contributed by atoms with E-state index in [9.17, 15) is 13.2 Å². The van der Waals surface area contributed by atoms with Crippen LogP contribution in [0.3, 0.4) is 0 Å². The Balaban J connectivity index is 0.950. The number of hydrogen-bond donors (Lipinski definition) is 0. The summed E-state index contributed by atoms with van der Waals surface area (Å²) < 4.78 is 51.5. The SMILES string of the molecule is FC(F)(F)c1ccc(-c2nc(-n3c4ccccc4c4cc(-c5ccc6oc7cccc(-c8ccc9c(c8)c8ccccc8n9-c8ccccc8)c7c6c5)ccc43)nc3ccccc23)cc1. The molecule has 0 bridgehead atoms. The van der Waals surface area contributed by atoms with Gasteiger partial charge in [0.15, 0.2) is 0 Å². The monoisotopic (exact) mass is 846 g/mol. The van der Waals surface area contributed by atoms with Crippen LogP contribution < -0.4 is 0 Å². The van der Waals surface area contributed by atoms with E-state index in [1.165, 1.54) is 22.9 Å². The molecule has 0 aliphatic heterocycles. The molecule has 0 aliphatic carbocycles. The molecule has 8 heteroatoms. The van der Waals surface area contributed by atoms with Crippen LogP contribution in [0.5, 0.6) is 0 Å². The normalized spacial score (nSPS) is 12.2. The molecule has 4 aromatic heterocycles. The summed E-state index contributed by atoms with van der Waals surface area (Å²) in [6.07, 6.45) is -4.44. The zero-order chi connectivity index (χ0) is 43.4. The topological polar surface area (TPSA) is 48.8 Å². The molecule has 9 aromatic carbocycles. The summed E-state index contributed by atoms with van der Waals surface area (Å²) in [6.45, 7) is 0. The van der Waals surface area contributed by atoms with Crippen molar-refractivity contribution in [3.63, 3.8) is 0 Å². The summed E-state index contributed by atoms with van der Waals surface area (Å²) in [5.74, 6) is 0.430. The fourth-order valence-corrected chi connectivity index (χ4v) is 9.81. The molecule has 4 heterocycles. The van der Waals surface area contributed by atoms with E-state index in [-0.39, 0.29) is 0 Å². The van der Waals surface area contributed by atoms with Gasteiger partial charge in [-0.25, -0.2) is 9.97 Å². The van der Waals surface area contributed by atoms with E-state index in [2.05, 4.69) is 126 Å². The van der Waals surface area contributed by atoms with Crippen LogP contribution in [0.15, 0.2) is 205 Å². The first kappa shape index (κ1) is 37.1. The van der Waals surface area contributed by atoms with Gasteiger partial charge >= 0.3 is 6.18 Å². The van der Waals surface area contributed by atoms with Gasteiger partial charge in [0.25, 0.3) is 0 Å². The van der Waals surface area contributed by atoms with Gasteiger partial charge in [-0.2, -0.15) is 13.2 Å². The summed E-state index contributed by atoms with van der Waals surface area (Å²) in [4.78, 5) is 10.1. The smallest absolute Gasteiger partial charge is 0.416 e. The van der Waals surface area contributed by atoms with Crippen molar-refractivity contribution in [2.45, 2.75) is 6.18 Å². The van der Waals surface area contributed by atoms with E-state index in [0.717, 1.165) is 100 Å². The molecule has 0 amide bonds. The average molecular weight is 847 g/mol. The van der Waals surface area contributed by atoms with E-state index < -0.39 is 11.7 Å². The Hall–Kier alpha value is -8.49. The highest BCUT2D eigenvalue weighted by atomic mass is 19.4. The third kappa shape index (κ3) is 5.80. The number of rotatable bonds is 5. The van der Waals surface area contributed by atoms with Crippen molar-refractivity contribution in [3.05, 3.63) is 206 Å². The summed E-state index contributed by atoms with van der Waals surface area (Å²) >= 11 is 0. The summed E-state index contributed by atoms with van der Waals surface area (Å²) in [5, 5.41) is 7.27. The van der Waals surface area contributed by atoms with Gasteiger partial charge in [-0.05, 0) is 107 Å². The Morgan fingerprint density at radius 3 is 1.71 bits per heavy atom. The van der Waals surface area contributed by atoms with Gasteiger partial charge in [0.2, 0.25) is 5.95 Å². The van der Waals surface area contributed by atoms with Crippen LogP contribution in [0.1, 0.15) is 5.56 Å². The molecule has 0 fully saturated rings.